The average molecular weight is 318 g/mol. The summed E-state index contributed by atoms with van der Waals surface area (Å²) in [5, 5.41) is 4.95. The van der Waals surface area contributed by atoms with Crippen molar-refractivity contribution < 1.29 is 9.59 Å². The third-order valence-electron chi connectivity index (χ3n) is 4.50. The smallest absolute Gasteiger partial charge is 0.321 e. The molecule has 6 nitrogen and oxygen atoms in total. The standard InChI is InChI=1S/C17H26N4O2/c1-3-19-17(23)20-16(22)12(2)21-10-14(9-18)15(11-21)13-7-5-4-6-8-13/h4-8,12,14-15H,3,9-11,18H2,1-2H3,(H2,19,20,22,23)/t12?,14-,15+/m1/s1. The van der Waals surface area contributed by atoms with Crippen molar-refractivity contribution in [3.63, 3.8) is 0 Å². The SMILES string of the molecule is CCNC(=O)NC(=O)C(C)N1C[C@@H](CN)[C@H](c2ccccc2)C1. The third kappa shape index (κ3) is 4.30. The highest BCUT2D eigenvalue weighted by Gasteiger charge is 2.37. The van der Waals surface area contributed by atoms with E-state index in [1.165, 1.54) is 5.56 Å². The number of nitrogens with one attached hydrogen (secondary N) is 2. The van der Waals surface area contributed by atoms with Gasteiger partial charge in [-0.15, -0.1) is 0 Å². The maximum absolute atomic E-state index is 12.2. The summed E-state index contributed by atoms with van der Waals surface area (Å²) in [6, 6.07) is 9.45. The molecule has 3 amide bonds. The second-order valence-corrected chi connectivity index (χ2v) is 5.99. The molecule has 1 unspecified atom stereocenters. The van der Waals surface area contributed by atoms with Crippen LogP contribution < -0.4 is 16.4 Å². The maximum Gasteiger partial charge on any atom is 0.321 e. The van der Waals surface area contributed by atoms with E-state index in [2.05, 4.69) is 27.7 Å². The van der Waals surface area contributed by atoms with Gasteiger partial charge in [-0.1, -0.05) is 30.3 Å². The van der Waals surface area contributed by atoms with Crippen LogP contribution in [-0.4, -0.2) is 49.1 Å². The third-order valence-corrected chi connectivity index (χ3v) is 4.50. The van der Waals surface area contributed by atoms with Gasteiger partial charge in [-0.25, -0.2) is 4.79 Å². The Morgan fingerprint density at radius 3 is 2.61 bits per heavy atom. The molecule has 1 aliphatic rings. The summed E-state index contributed by atoms with van der Waals surface area (Å²) in [7, 11) is 0. The van der Waals surface area contributed by atoms with Crippen molar-refractivity contribution in [3.8, 4) is 0 Å². The largest absolute Gasteiger partial charge is 0.338 e. The molecule has 2 rings (SSSR count). The highest BCUT2D eigenvalue weighted by molar-refractivity contribution is 5.96. The summed E-state index contributed by atoms with van der Waals surface area (Å²) in [6.07, 6.45) is 0. The number of amides is 3. The van der Waals surface area contributed by atoms with E-state index < -0.39 is 6.03 Å². The molecule has 1 aliphatic heterocycles. The molecule has 1 saturated heterocycles. The quantitative estimate of drug-likeness (QED) is 0.752. The molecule has 0 radical (unpaired) electrons. The monoisotopic (exact) mass is 318 g/mol. The first-order chi connectivity index (χ1) is 11.1. The molecule has 0 aromatic heterocycles. The Kier molecular flexibility index (Phi) is 6.12. The minimum absolute atomic E-state index is 0.277. The van der Waals surface area contributed by atoms with Gasteiger partial charge in [0.2, 0.25) is 5.91 Å². The van der Waals surface area contributed by atoms with Gasteiger partial charge in [0.05, 0.1) is 6.04 Å². The topological polar surface area (TPSA) is 87.5 Å². The van der Waals surface area contributed by atoms with Crippen molar-refractivity contribution in [2.45, 2.75) is 25.8 Å². The van der Waals surface area contributed by atoms with Crippen LogP contribution in [-0.2, 0) is 4.79 Å². The lowest BCUT2D eigenvalue weighted by atomic mass is 9.89. The van der Waals surface area contributed by atoms with Crippen molar-refractivity contribution >= 4 is 11.9 Å². The molecule has 1 fully saturated rings. The normalized spacial score (nSPS) is 22.6. The molecule has 0 aliphatic carbocycles. The van der Waals surface area contributed by atoms with E-state index in [1.54, 1.807) is 0 Å². The molecular formula is C17H26N4O2. The van der Waals surface area contributed by atoms with Gasteiger partial charge in [0.1, 0.15) is 0 Å². The van der Waals surface area contributed by atoms with E-state index >= 15 is 0 Å². The summed E-state index contributed by atoms with van der Waals surface area (Å²) in [5.41, 5.74) is 7.18. The second-order valence-electron chi connectivity index (χ2n) is 5.99. The van der Waals surface area contributed by atoms with Crippen molar-refractivity contribution in [3.05, 3.63) is 35.9 Å². The Labute approximate surface area is 137 Å². The zero-order valence-electron chi connectivity index (χ0n) is 13.8. The molecular weight excluding hydrogens is 292 g/mol. The molecule has 126 valence electrons. The van der Waals surface area contributed by atoms with Gasteiger partial charge in [-0.3, -0.25) is 15.0 Å². The number of rotatable bonds is 5. The molecule has 23 heavy (non-hydrogen) atoms. The molecule has 4 N–H and O–H groups in total. The molecule has 0 saturated carbocycles. The number of hydrogen-bond acceptors (Lipinski definition) is 4. The number of nitrogens with two attached hydrogens (primary N) is 1. The van der Waals surface area contributed by atoms with E-state index in [4.69, 9.17) is 5.73 Å². The van der Waals surface area contributed by atoms with Crippen molar-refractivity contribution in [2.24, 2.45) is 11.7 Å². The van der Waals surface area contributed by atoms with Crippen molar-refractivity contribution in [1.29, 1.82) is 0 Å². The van der Waals surface area contributed by atoms with E-state index in [0.29, 0.717) is 24.9 Å². The summed E-state index contributed by atoms with van der Waals surface area (Å²) in [5.74, 6) is 0.360. The molecule has 1 aromatic rings. The molecule has 1 aromatic carbocycles. The van der Waals surface area contributed by atoms with Crippen LogP contribution in [0.5, 0.6) is 0 Å². The number of nitrogens with zero attached hydrogens (tertiary/aromatic N) is 1. The number of carbonyl (C=O) groups is 2. The summed E-state index contributed by atoms with van der Waals surface area (Å²) in [6.45, 7) is 6.25. The minimum atomic E-state index is -0.446. The summed E-state index contributed by atoms with van der Waals surface area (Å²) >= 11 is 0. The van der Waals surface area contributed by atoms with Gasteiger partial charge >= 0.3 is 6.03 Å². The molecule has 0 bridgehead atoms. The van der Waals surface area contributed by atoms with Crippen LogP contribution in [0, 0.1) is 5.92 Å². The Morgan fingerprint density at radius 1 is 1.30 bits per heavy atom. The summed E-state index contributed by atoms with van der Waals surface area (Å²) < 4.78 is 0. The highest BCUT2D eigenvalue weighted by Crippen LogP contribution is 2.32. The van der Waals surface area contributed by atoms with E-state index in [1.807, 2.05) is 32.0 Å². The zero-order valence-corrected chi connectivity index (χ0v) is 13.8. The number of hydrogen-bond donors (Lipinski definition) is 3. The fourth-order valence-electron chi connectivity index (χ4n) is 3.12. The fourth-order valence-corrected chi connectivity index (χ4v) is 3.12. The first-order valence-electron chi connectivity index (χ1n) is 8.14. The minimum Gasteiger partial charge on any atom is -0.338 e. The van der Waals surface area contributed by atoms with E-state index in [9.17, 15) is 9.59 Å². The van der Waals surface area contributed by atoms with Crippen LogP contribution in [0.4, 0.5) is 4.79 Å². The van der Waals surface area contributed by atoms with Gasteiger partial charge in [0.25, 0.3) is 0 Å². The van der Waals surface area contributed by atoms with Crippen LogP contribution in [0.2, 0.25) is 0 Å². The lowest BCUT2D eigenvalue weighted by Gasteiger charge is -2.23. The second kappa shape index (κ2) is 8.08. The van der Waals surface area contributed by atoms with E-state index in [-0.39, 0.29) is 11.9 Å². The Balaban J connectivity index is 2.01. The Morgan fingerprint density at radius 2 is 2.00 bits per heavy atom. The number of benzene rings is 1. The Hall–Kier alpha value is -1.92. The zero-order chi connectivity index (χ0) is 16.8. The Bertz CT molecular complexity index is 535. The van der Waals surface area contributed by atoms with E-state index in [0.717, 1.165) is 13.1 Å². The van der Waals surface area contributed by atoms with Crippen molar-refractivity contribution in [2.75, 3.05) is 26.2 Å². The first kappa shape index (κ1) is 17.4. The fraction of sp³-hybridized carbons (Fsp3) is 0.529. The van der Waals surface area contributed by atoms with Crippen LogP contribution in [0.25, 0.3) is 0 Å². The van der Waals surface area contributed by atoms with Crippen LogP contribution in [0.1, 0.15) is 25.3 Å². The molecule has 6 heteroatoms. The number of likely N-dealkylation sites (tertiary alicyclic amines) is 1. The predicted octanol–water partition coefficient (Wildman–Crippen LogP) is 0.895. The van der Waals surface area contributed by atoms with Gasteiger partial charge in [0, 0.05) is 25.6 Å². The highest BCUT2D eigenvalue weighted by atomic mass is 16.2. The molecule has 1 heterocycles. The van der Waals surface area contributed by atoms with Gasteiger partial charge in [0.15, 0.2) is 0 Å². The van der Waals surface area contributed by atoms with Gasteiger partial charge in [-0.2, -0.15) is 0 Å². The van der Waals surface area contributed by atoms with Crippen LogP contribution in [0.15, 0.2) is 30.3 Å². The van der Waals surface area contributed by atoms with Crippen molar-refractivity contribution in [1.82, 2.24) is 15.5 Å². The lowest BCUT2D eigenvalue weighted by molar-refractivity contribution is -0.124. The van der Waals surface area contributed by atoms with Gasteiger partial charge < -0.3 is 11.1 Å². The summed E-state index contributed by atoms with van der Waals surface area (Å²) in [4.78, 5) is 25.8. The number of imide groups is 1. The van der Waals surface area contributed by atoms with Crippen LogP contribution >= 0.6 is 0 Å². The molecule has 3 atom stereocenters. The van der Waals surface area contributed by atoms with Crippen LogP contribution in [0.3, 0.4) is 0 Å². The average Bonchev–Trinajstić information content (AvgIpc) is 2.99. The predicted molar refractivity (Wildman–Crippen MR) is 90.0 cm³/mol. The molecule has 0 spiro atoms. The number of urea groups is 1. The van der Waals surface area contributed by atoms with Gasteiger partial charge in [-0.05, 0) is 31.9 Å². The maximum atomic E-state index is 12.2. The lowest BCUT2D eigenvalue weighted by Crippen LogP contribution is -2.49. The number of carbonyl (C=O) groups excluding carboxylic acids is 2. The first-order valence-corrected chi connectivity index (χ1v) is 8.14.